The molecule has 1 aliphatic heterocycles. The van der Waals surface area contributed by atoms with Crippen molar-refractivity contribution in [2.24, 2.45) is 17.8 Å². The topological polar surface area (TPSA) is 40.5 Å². The summed E-state index contributed by atoms with van der Waals surface area (Å²) in [5.74, 6) is 0.568. The molecule has 16 heavy (non-hydrogen) atoms. The van der Waals surface area contributed by atoms with Crippen LogP contribution in [0, 0.1) is 17.8 Å². The quantitative estimate of drug-likeness (QED) is 0.778. The van der Waals surface area contributed by atoms with E-state index in [1.54, 1.807) is 0 Å². The van der Waals surface area contributed by atoms with Crippen LogP contribution in [0.5, 0.6) is 0 Å². The summed E-state index contributed by atoms with van der Waals surface area (Å²) in [6.45, 7) is 2.27. The molecule has 4 unspecified atom stereocenters. The van der Waals surface area contributed by atoms with E-state index in [0.29, 0.717) is 17.9 Å². The van der Waals surface area contributed by atoms with Gasteiger partial charge in [-0.25, -0.2) is 0 Å². The van der Waals surface area contributed by atoms with Gasteiger partial charge in [0.2, 0.25) is 0 Å². The van der Waals surface area contributed by atoms with Gasteiger partial charge < -0.3 is 5.11 Å². The number of carboxylic acids is 1. The van der Waals surface area contributed by atoms with Crippen molar-refractivity contribution in [3.05, 3.63) is 0 Å². The van der Waals surface area contributed by atoms with Gasteiger partial charge in [0.15, 0.2) is 0 Å². The van der Waals surface area contributed by atoms with Crippen LogP contribution in [0.15, 0.2) is 0 Å². The van der Waals surface area contributed by atoms with Crippen molar-refractivity contribution in [3.8, 4) is 0 Å². The number of carbonyl (C=O) groups is 1. The maximum absolute atomic E-state index is 11.4. The number of nitrogens with zero attached hydrogens (tertiary/aromatic N) is 1. The Hall–Kier alpha value is -0.570. The van der Waals surface area contributed by atoms with E-state index in [0.717, 1.165) is 19.5 Å². The molecule has 90 valence electrons. The number of carboxylic acid groups (broad SMARTS) is 1. The first-order valence-electron chi connectivity index (χ1n) is 6.74. The highest BCUT2D eigenvalue weighted by Gasteiger charge is 2.52. The van der Waals surface area contributed by atoms with Gasteiger partial charge in [0.1, 0.15) is 0 Å². The molecule has 1 N–H and O–H groups in total. The van der Waals surface area contributed by atoms with Crippen molar-refractivity contribution in [2.45, 2.75) is 44.6 Å². The SMILES string of the molecule is O=C(O)C1C2CCC(C2)C1N1CCCCC1. The summed E-state index contributed by atoms with van der Waals surface area (Å²) in [6.07, 6.45) is 7.47. The third kappa shape index (κ3) is 1.56. The van der Waals surface area contributed by atoms with Crippen LogP contribution in [0.4, 0.5) is 0 Å². The number of likely N-dealkylation sites (tertiary alicyclic amines) is 1. The van der Waals surface area contributed by atoms with E-state index < -0.39 is 5.97 Å². The third-order valence-electron chi connectivity index (χ3n) is 4.97. The van der Waals surface area contributed by atoms with Gasteiger partial charge in [-0.1, -0.05) is 6.42 Å². The first-order valence-corrected chi connectivity index (χ1v) is 6.74. The van der Waals surface area contributed by atoms with Crippen molar-refractivity contribution in [2.75, 3.05) is 13.1 Å². The van der Waals surface area contributed by atoms with Crippen LogP contribution in [-0.2, 0) is 4.79 Å². The van der Waals surface area contributed by atoms with Gasteiger partial charge in [-0.2, -0.15) is 0 Å². The van der Waals surface area contributed by atoms with Crippen molar-refractivity contribution < 1.29 is 9.90 Å². The number of aliphatic carboxylic acids is 1. The van der Waals surface area contributed by atoms with Gasteiger partial charge in [-0.15, -0.1) is 0 Å². The van der Waals surface area contributed by atoms with Crippen LogP contribution in [-0.4, -0.2) is 35.1 Å². The second kappa shape index (κ2) is 4.02. The zero-order chi connectivity index (χ0) is 11.1. The van der Waals surface area contributed by atoms with Crippen LogP contribution in [0.2, 0.25) is 0 Å². The summed E-state index contributed by atoms with van der Waals surface area (Å²) in [7, 11) is 0. The predicted molar refractivity (Wildman–Crippen MR) is 61.2 cm³/mol. The van der Waals surface area contributed by atoms with Crippen LogP contribution < -0.4 is 0 Å². The summed E-state index contributed by atoms with van der Waals surface area (Å²) < 4.78 is 0. The molecule has 2 aliphatic carbocycles. The van der Waals surface area contributed by atoms with E-state index >= 15 is 0 Å². The summed E-state index contributed by atoms with van der Waals surface area (Å²) in [5, 5.41) is 9.41. The molecule has 3 fully saturated rings. The fourth-order valence-corrected chi connectivity index (χ4v) is 4.35. The Morgan fingerprint density at radius 3 is 2.44 bits per heavy atom. The fourth-order valence-electron chi connectivity index (χ4n) is 4.35. The summed E-state index contributed by atoms with van der Waals surface area (Å²) in [5.41, 5.74) is 0. The first kappa shape index (κ1) is 10.6. The number of rotatable bonds is 2. The summed E-state index contributed by atoms with van der Waals surface area (Å²) in [6, 6.07) is 0.372. The molecule has 4 atom stereocenters. The molecule has 0 aromatic rings. The maximum Gasteiger partial charge on any atom is 0.308 e. The Morgan fingerprint density at radius 1 is 1.06 bits per heavy atom. The van der Waals surface area contributed by atoms with E-state index in [1.165, 1.54) is 32.1 Å². The molecule has 0 aromatic carbocycles. The third-order valence-corrected chi connectivity index (χ3v) is 4.97. The lowest BCUT2D eigenvalue weighted by Crippen LogP contribution is -2.49. The molecule has 0 aromatic heterocycles. The summed E-state index contributed by atoms with van der Waals surface area (Å²) in [4.78, 5) is 13.9. The molecular formula is C13H21NO2. The smallest absolute Gasteiger partial charge is 0.308 e. The number of piperidine rings is 1. The van der Waals surface area contributed by atoms with Gasteiger partial charge in [0.05, 0.1) is 5.92 Å². The second-order valence-electron chi connectivity index (χ2n) is 5.78. The molecule has 3 heteroatoms. The van der Waals surface area contributed by atoms with E-state index in [9.17, 15) is 9.90 Å². The Kier molecular flexibility index (Phi) is 2.66. The zero-order valence-electron chi connectivity index (χ0n) is 9.77. The van der Waals surface area contributed by atoms with Gasteiger partial charge in [0.25, 0.3) is 0 Å². The minimum absolute atomic E-state index is 0.0585. The van der Waals surface area contributed by atoms with Crippen LogP contribution in [0.3, 0.4) is 0 Å². The van der Waals surface area contributed by atoms with Crippen molar-refractivity contribution in [3.63, 3.8) is 0 Å². The molecule has 0 radical (unpaired) electrons. The molecule has 3 nitrogen and oxygen atoms in total. The van der Waals surface area contributed by atoms with Gasteiger partial charge in [-0.05, 0) is 57.0 Å². The molecule has 1 saturated heterocycles. The maximum atomic E-state index is 11.4. The van der Waals surface area contributed by atoms with Crippen molar-refractivity contribution in [1.82, 2.24) is 4.90 Å². The van der Waals surface area contributed by atoms with Gasteiger partial charge >= 0.3 is 5.97 Å². The molecule has 2 bridgehead atoms. The van der Waals surface area contributed by atoms with Crippen molar-refractivity contribution in [1.29, 1.82) is 0 Å². The molecule has 2 saturated carbocycles. The number of hydrogen-bond acceptors (Lipinski definition) is 2. The Balaban J connectivity index is 1.78. The highest BCUT2D eigenvalue weighted by molar-refractivity contribution is 5.72. The van der Waals surface area contributed by atoms with E-state index in [1.807, 2.05) is 0 Å². The highest BCUT2D eigenvalue weighted by atomic mass is 16.4. The van der Waals surface area contributed by atoms with Crippen LogP contribution in [0.25, 0.3) is 0 Å². The predicted octanol–water partition coefficient (Wildman–Crippen LogP) is 1.97. The minimum Gasteiger partial charge on any atom is -0.481 e. The largest absolute Gasteiger partial charge is 0.481 e. The molecule has 3 aliphatic rings. The number of fused-ring (bicyclic) bond motifs is 2. The highest BCUT2D eigenvalue weighted by Crippen LogP contribution is 2.50. The van der Waals surface area contributed by atoms with Crippen LogP contribution in [0.1, 0.15) is 38.5 Å². The molecular weight excluding hydrogens is 202 g/mol. The standard InChI is InChI=1S/C13H21NO2/c15-13(16)11-9-4-5-10(8-9)12(11)14-6-2-1-3-7-14/h9-12H,1-8H2,(H,15,16). The Morgan fingerprint density at radius 2 is 1.75 bits per heavy atom. The number of hydrogen-bond donors (Lipinski definition) is 1. The average molecular weight is 223 g/mol. The molecule has 0 spiro atoms. The lowest BCUT2D eigenvalue weighted by Gasteiger charge is -2.40. The summed E-state index contributed by atoms with van der Waals surface area (Å²) >= 11 is 0. The Bertz CT molecular complexity index is 286. The molecule has 0 amide bonds. The normalized spacial score (nSPS) is 43.8. The monoisotopic (exact) mass is 223 g/mol. The molecule has 1 heterocycles. The average Bonchev–Trinajstić information content (AvgIpc) is 2.89. The van der Waals surface area contributed by atoms with Gasteiger partial charge in [0, 0.05) is 6.04 Å². The van der Waals surface area contributed by atoms with E-state index in [-0.39, 0.29) is 5.92 Å². The minimum atomic E-state index is -0.539. The van der Waals surface area contributed by atoms with E-state index in [2.05, 4.69) is 4.90 Å². The lowest BCUT2D eigenvalue weighted by molar-refractivity contribution is -0.146. The van der Waals surface area contributed by atoms with Gasteiger partial charge in [-0.3, -0.25) is 9.69 Å². The van der Waals surface area contributed by atoms with Crippen LogP contribution >= 0.6 is 0 Å². The second-order valence-corrected chi connectivity index (χ2v) is 5.78. The first-order chi connectivity index (χ1) is 7.77. The zero-order valence-corrected chi connectivity index (χ0v) is 9.77. The lowest BCUT2D eigenvalue weighted by atomic mass is 9.83. The Labute approximate surface area is 96.8 Å². The van der Waals surface area contributed by atoms with E-state index in [4.69, 9.17) is 0 Å². The molecule has 3 rings (SSSR count). The van der Waals surface area contributed by atoms with Crippen molar-refractivity contribution >= 4 is 5.97 Å². The fraction of sp³-hybridized carbons (Fsp3) is 0.923.